The standard InChI is InChI=1S/C25H18F3N5.C24H15F3N6.C8H11P.CH3.Os/c1-15-12-23(33-32-15)22-11-5-10-21(31-22)18-7-3-2-6-17(18)20-9-4-8-19(30-20)16-13-24(29-14-16)25(26,27)28;1-14-12-21(31-30-14)19-10-4-8-17(28-19)15-6-2-3-7-16(15)18-9-5-11-20(29-18)22-13-23(33-32-22)24(25,26)27;1-9(2)8-6-4-3-5-7-8;;/h2-13H,14H2,1H3,(H,32,33);2-13H,1H3;3-7H,1-2H3;1H3;/q;-2;;-1;/p+1. The van der Waals surface area contributed by atoms with E-state index in [1.807, 2.05) is 117 Å². The quantitative estimate of drug-likeness (QED) is 0.0847. The molecule has 0 bridgehead atoms. The van der Waals surface area contributed by atoms with Crippen LogP contribution in [-0.4, -0.2) is 72.1 Å². The minimum absolute atomic E-state index is 0. The molecule has 0 fully saturated rings. The molecule has 0 saturated carbocycles. The van der Waals surface area contributed by atoms with E-state index in [0.717, 1.165) is 62.9 Å². The van der Waals surface area contributed by atoms with E-state index in [2.05, 4.69) is 89.2 Å². The molecule has 1 N–H and O–H groups in total. The summed E-state index contributed by atoms with van der Waals surface area (Å²) in [5, 5.41) is 23.8. The molecule has 8 heterocycles. The second-order valence-corrected chi connectivity index (χ2v) is 20.0. The largest absolute Gasteiger partial charge is 0.574 e. The van der Waals surface area contributed by atoms with E-state index in [-0.39, 0.29) is 47.4 Å². The molecule has 10 aromatic rings. The fraction of sp³-hybridized carbons (Fsp3) is 0.121. The number of aryl methyl sites for hydroxylation is 2. The first-order chi connectivity index (χ1) is 36.1. The van der Waals surface area contributed by atoms with E-state index >= 15 is 0 Å². The van der Waals surface area contributed by atoms with Gasteiger partial charge in [-0.2, -0.15) is 31.4 Å². The van der Waals surface area contributed by atoms with Crippen molar-refractivity contribution >= 4 is 24.5 Å². The van der Waals surface area contributed by atoms with Crippen molar-refractivity contribution in [2.24, 2.45) is 4.99 Å². The molecule has 1 aliphatic heterocycles. The number of nitrogens with one attached hydrogen (secondary N) is 1. The number of pyridine rings is 4. The molecule has 0 atom stereocenters. The predicted octanol–water partition coefficient (Wildman–Crippen LogP) is 13.3. The van der Waals surface area contributed by atoms with E-state index in [0.29, 0.717) is 45.4 Å². The number of nitrogens with zero attached hydrogens (tertiary/aromatic N) is 10. The molecule has 0 radical (unpaired) electrons. The number of aromatic amines is 1. The molecule has 3 aromatic carbocycles. The first-order valence-electron chi connectivity index (χ1n) is 23.4. The fourth-order valence-corrected chi connectivity index (χ4v) is 8.81. The van der Waals surface area contributed by atoms with Crippen molar-refractivity contribution in [3.8, 4) is 79.2 Å². The van der Waals surface area contributed by atoms with Gasteiger partial charge in [-0.15, -0.1) is 0 Å². The van der Waals surface area contributed by atoms with E-state index in [1.165, 1.54) is 5.30 Å². The normalized spacial score (nSPS) is 12.0. The number of allylic oxidation sites excluding steroid dienone is 1. The van der Waals surface area contributed by atoms with Crippen molar-refractivity contribution in [3.05, 3.63) is 206 Å². The van der Waals surface area contributed by atoms with Gasteiger partial charge in [-0.05, 0) is 92.7 Å². The van der Waals surface area contributed by atoms with Gasteiger partial charge in [-0.25, -0.2) is 19.9 Å². The van der Waals surface area contributed by atoms with Crippen LogP contribution in [-0.2, 0) is 26.0 Å². The molecule has 0 aliphatic carbocycles. The summed E-state index contributed by atoms with van der Waals surface area (Å²) in [4.78, 5) is 22.4. The number of benzene rings is 3. The Bertz CT molecular complexity index is 3660. The van der Waals surface area contributed by atoms with Crippen LogP contribution in [0.25, 0.3) is 84.8 Å². The zero-order valence-electron chi connectivity index (χ0n) is 42.0. The van der Waals surface area contributed by atoms with Crippen LogP contribution in [0.15, 0.2) is 181 Å². The van der Waals surface area contributed by atoms with Gasteiger partial charge in [0.2, 0.25) is 0 Å². The smallest absolute Gasteiger partial charge is 0.432 e. The number of alkyl halides is 6. The second-order valence-electron chi connectivity index (χ2n) is 17.4. The van der Waals surface area contributed by atoms with Gasteiger partial charge in [0.05, 0.1) is 70.7 Å². The van der Waals surface area contributed by atoms with Gasteiger partial charge in [0.15, 0.2) is 0 Å². The number of H-pyrrole nitrogens is 1. The Morgan fingerprint density at radius 3 is 1.34 bits per heavy atom. The van der Waals surface area contributed by atoms with Gasteiger partial charge < -0.3 is 27.8 Å². The summed E-state index contributed by atoms with van der Waals surface area (Å²) >= 11 is 0. The Morgan fingerprint density at radius 2 is 0.922 bits per heavy atom. The molecule has 0 spiro atoms. The van der Waals surface area contributed by atoms with E-state index in [1.54, 1.807) is 30.3 Å². The van der Waals surface area contributed by atoms with E-state index < -0.39 is 23.8 Å². The minimum atomic E-state index is -4.56. The topological polar surface area (TPSA) is 147 Å². The van der Waals surface area contributed by atoms with Gasteiger partial charge in [0.25, 0.3) is 0 Å². The monoisotopic (exact) mass is 1240 g/mol. The van der Waals surface area contributed by atoms with Gasteiger partial charge in [0, 0.05) is 66.9 Å². The summed E-state index contributed by atoms with van der Waals surface area (Å²) in [6.45, 7) is 8.36. The van der Waals surface area contributed by atoms with Crippen LogP contribution in [0.1, 0.15) is 22.8 Å². The van der Waals surface area contributed by atoms with Crippen LogP contribution in [0.3, 0.4) is 0 Å². The first-order valence-corrected chi connectivity index (χ1v) is 25.9. The number of rotatable bonds is 9. The fourth-order valence-electron chi connectivity index (χ4n) is 7.95. The average Bonchev–Trinajstić information content (AvgIpc) is 4.29. The number of halogens is 6. The van der Waals surface area contributed by atoms with Crippen LogP contribution in [0.5, 0.6) is 0 Å². The Morgan fingerprint density at radius 1 is 0.481 bits per heavy atom. The van der Waals surface area contributed by atoms with Crippen molar-refractivity contribution in [2.75, 3.05) is 19.9 Å². The summed E-state index contributed by atoms with van der Waals surface area (Å²) in [6, 6.07) is 52.4. The van der Waals surface area contributed by atoms with Crippen molar-refractivity contribution in [3.63, 3.8) is 0 Å². The van der Waals surface area contributed by atoms with E-state index in [4.69, 9.17) is 9.97 Å². The summed E-state index contributed by atoms with van der Waals surface area (Å²) in [7, 11) is -0.212. The number of aromatic nitrogens is 10. The van der Waals surface area contributed by atoms with Crippen LogP contribution in [0, 0.1) is 21.3 Å². The third-order valence-electron chi connectivity index (χ3n) is 11.6. The maximum atomic E-state index is 13.0. The molecular formula is C58H48F6N11OsP-2. The molecule has 1 aliphatic rings. The molecular weight excluding hydrogens is 1190 g/mol. The van der Waals surface area contributed by atoms with Gasteiger partial charge >= 0.3 is 12.4 Å². The zero-order chi connectivity index (χ0) is 52.7. The summed E-state index contributed by atoms with van der Waals surface area (Å²) in [5.74, 6) is 0. The van der Waals surface area contributed by atoms with Crippen LogP contribution < -0.4 is 15.5 Å². The SMILES string of the molecule is C[PH+](C)c1ccccc1.Cc1cc(-c2cccc(-c3ccccc3-c3cccc(-c4cc(C(F)(F)F)n[n-]4)n3)n2)[n-]n1.Cc1cc(-c2cccc(-c3ccccc3-c3cccc(C4=CC(C(F)(F)F)=NC4)n3)n2)n[nH]1.[CH3-].[Os]. The first kappa shape index (κ1) is 56.7. The Balaban J connectivity index is 0.000000188. The number of hydrogen-bond donors (Lipinski definition) is 1. The van der Waals surface area contributed by atoms with Crippen LogP contribution in [0.2, 0.25) is 0 Å². The van der Waals surface area contributed by atoms with E-state index in [9.17, 15) is 26.3 Å². The van der Waals surface area contributed by atoms with Gasteiger partial charge in [-0.3, -0.25) is 10.1 Å². The molecule has 11 rings (SSSR count). The summed E-state index contributed by atoms with van der Waals surface area (Å²) < 4.78 is 77.7. The third kappa shape index (κ3) is 13.9. The van der Waals surface area contributed by atoms with Crippen LogP contribution >= 0.6 is 7.92 Å². The van der Waals surface area contributed by atoms with Crippen molar-refractivity contribution in [1.82, 2.24) is 50.5 Å². The van der Waals surface area contributed by atoms with Crippen molar-refractivity contribution in [2.45, 2.75) is 26.2 Å². The average molecular weight is 1230 g/mol. The molecule has 392 valence electrons. The second kappa shape index (κ2) is 24.7. The van der Waals surface area contributed by atoms with Gasteiger partial charge in [-0.1, -0.05) is 108 Å². The summed E-state index contributed by atoms with van der Waals surface area (Å²) in [6.07, 6.45) is -7.96. The van der Waals surface area contributed by atoms with Crippen molar-refractivity contribution < 1.29 is 46.1 Å². The number of hydrogen-bond acceptors (Lipinski definition) is 8. The zero-order valence-corrected chi connectivity index (χ0v) is 45.6. The maximum Gasteiger partial charge on any atom is 0.432 e. The maximum absolute atomic E-state index is 13.0. The Hall–Kier alpha value is -8.05. The molecule has 0 amide bonds. The molecule has 11 nitrogen and oxygen atoms in total. The minimum Gasteiger partial charge on any atom is -0.574 e. The molecule has 0 unspecified atom stereocenters. The Labute approximate surface area is 455 Å². The number of aliphatic imine (C=N–C) groups is 1. The molecule has 19 heteroatoms. The van der Waals surface area contributed by atoms with Crippen molar-refractivity contribution in [1.29, 1.82) is 0 Å². The molecule has 0 saturated heterocycles. The predicted molar refractivity (Wildman–Crippen MR) is 290 cm³/mol. The van der Waals surface area contributed by atoms with Crippen LogP contribution in [0.4, 0.5) is 26.3 Å². The Kier molecular flexibility index (Phi) is 18.2. The molecule has 77 heavy (non-hydrogen) atoms. The third-order valence-corrected chi connectivity index (χ3v) is 13.1. The van der Waals surface area contributed by atoms with Gasteiger partial charge in [0.1, 0.15) is 17.1 Å². The molecule has 7 aromatic heterocycles. The summed E-state index contributed by atoms with van der Waals surface area (Å²) in [5.41, 5.74) is 9.95.